The average Bonchev–Trinajstić information content (AvgIpc) is 2.59. The first kappa shape index (κ1) is 17.9. The van der Waals surface area contributed by atoms with Crippen molar-refractivity contribution in [1.29, 1.82) is 0 Å². The number of hydrogen-bond acceptors (Lipinski definition) is 0. The van der Waals surface area contributed by atoms with Gasteiger partial charge in [0.1, 0.15) is 16.7 Å². The maximum atomic E-state index is 13.7. The van der Waals surface area contributed by atoms with Crippen LogP contribution in [0.5, 0.6) is 0 Å². The number of unbranched alkanes of at least 4 members (excludes halogenated alkanes) is 1. The van der Waals surface area contributed by atoms with Gasteiger partial charge in [0.15, 0.2) is 0 Å². The van der Waals surface area contributed by atoms with Crippen LogP contribution >= 0.6 is 11.6 Å². The molecule has 1 aromatic carbocycles. The quantitative estimate of drug-likeness (QED) is 0.394. The van der Waals surface area contributed by atoms with Crippen LogP contribution in [0.1, 0.15) is 69.8 Å². The predicted octanol–water partition coefficient (Wildman–Crippen LogP) is 7.27. The summed E-state index contributed by atoms with van der Waals surface area (Å²) in [6, 6.07) is 2.88. The topological polar surface area (TPSA) is 0 Å². The zero-order valence-electron chi connectivity index (χ0n) is 14.4. The second-order valence-corrected chi connectivity index (χ2v) is 8.00. The van der Waals surface area contributed by atoms with Crippen LogP contribution in [0.4, 0.5) is 8.78 Å². The molecule has 1 aromatic rings. The van der Waals surface area contributed by atoms with Crippen molar-refractivity contribution in [1.82, 2.24) is 0 Å². The molecule has 0 nitrogen and oxygen atoms in total. The Bertz CT molecular complexity index is 572. The summed E-state index contributed by atoms with van der Waals surface area (Å²) in [4.78, 5) is 0. The van der Waals surface area contributed by atoms with Gasteiger partial charge in [-0.3, -0.25) is 0 Å². The molecule has 24 heavy (non-hydrogen) atoms. The van der Waals surface area contributed by atoms with Gasteiger partial charge in [0.25, 0.3) is 0 Å². The molecule has 0 N–H and O–H groups in total. The Kier molecular flexibility index (Phi) is 5.97. The summed E-state index contributed by atoms with van der Waals surface area (Å²) in [6.45, 7) is 2.21. The summed E-state index contributed by atoms with van der Waals surface area (Å²) in [7, 11) is 0. The Hall–Kier alpha value is -0.890. The first-order chi connectivity index (χ1) is 11.6. The molecule has 0 amide bonds. The molecular weight excluding hydrogens is 326 g/mol. The van der Waals surface area contributed by atoms with E-state index in [1.165, 1.54) is 50.7 Å². The summed E-state index contributed by atoms with van der Waals surface area (Å²) in [5, 5.41) is -0.383. The van der Waals surface area contributed by atoms with E-state index < -0.39 is 11.6 Å². The molecule has 132 valence electrons. The molecule has 0 spiro atoms. The molecular formula is C21H27ClF2. The van der Waals surface area contributed by atoms with Gasteiger partial charge in [-0.1, -0.05) is 37.1 Å². The van der Waals surface area contributed by atoms with E-state index in [4.69, 9.17) is 11.6 Å². The van der Waals surface area contributed by atoms with E-state index in [0.717, 1.165) is 30.2 Å². The van der Waals surface area contributed by atoms with Crippen LogP contribution in [-0.2, 0) is 0 Å². The van der Waals surface area contributed by atoms with Gasteiger partial charge in [-0.15, -0.1) is 0 Å². The van der Waals surface area contributed by atoms with Crippen LogP contribution < -0.4 is 0 Å². The summed E-state index contributed by atoms with van der Waals surface area (Å²) in [5.74, 6) is 1.26. The van der Waals surface area contributed by atoms with Crippen molar-refractivity contribution in [2.24, 2.45) is 17.8 Å². The van der Waals surface area contributed by atoms with Crippen LogP contribution in [0, 0.1) is 29.4 Å². The number of rotatable bonds is 4. The molecule has 3 heteroatoms. The molecule has 0 aliphatic heterocycles. The molecule has 0 heterocycles. The van der Waals surface area contributed by atoms with E-state index >= 15 is 0 Å². The Morgan fingerprint density at radius 3 is 2.42 bits per heavy atom. The van der Waals surface area contributed by atoms with E-state index in [9.17, 15) is 8.78 Å². The third kappa shape index (κ3) is 4.02. The van der Waals surface area contributed by atoms with Crippen molar-refractivity contribution in [3.8, 4) is 0 Å². The highest BCUT2D eigenvalue weighted by Crippen LogP contribution is 2.48. The summed E-state index contributed by atoms with van der Waals surface area (Å²) in [6.07, 6.45) is 14.2. The van der Waals surface area contributed by atoms with Gasteiger partial charge in [-0.2, -0.15) is 0 Å². The van der Waals surface area contributed by atoms with E-state index in [-0.39, 0.29) is 10.9 Å². The first-order valence-corrected chi connectivity index (χ1v) is 9.77. The number of benzene rings is 1. The molecule has 4 atom stereocenters. The van der Waals surface area contributed by atoms with Crippen LogP contribution in [-0.4, -0.2) is 0 Å². The maximum absolute atomic E-state index is 13.7. The minimum Gasteiger partial charge on any atom is -0.205 e. The maximum Gasteiger partial charge on any atom is 0.145 e. The molecule has 2 saturated carbocycles. The zero-order valence-corrected chi connectivity index (χ0v) is 15.2. The first-order valence-electron chi connectivity index (χ1n) is 9.39. The zero-order chi connectivity index (χ0) is 17.1. The van der Waals surface area contributed by atoms with Crippen molar-refractivity contribution >= 4 is 11.6 Å². The van der Waals surface area contributed by atoms with Crippen LogP contribution in [0.2, 0.25) is 5.02 Å². The molecule has 2 aliphatic rings. The van der Waals surface area contributed by atoms with Crippen LogP contribution in [0.15, 0.2) is 24.3 Å². The number of halogens is 3. The van der Waals surface area contributed by atoms with Crippen molar-refractivity contribution in [2.75, 3.05) is 0 Å². The lowest BCUT2D eigenvalue weighted by Crippen LogP contribution is -2.30. The fraction of sp³-hybridized carbons (Fsp3) is 0.619. The molecule has 2 fully saturated rings. The summed E-state index contributed by atoms with van der Waals surface area (Å²) >= 11 is 5.61. The Labute approximate surface area is 149 Å². The van der Waals surface area contributed by atoms with E-state index in [2.05, 4.69) is 19.1 Å². The van der Waals surface area contributed by atoms with E-state index in [1.54, 1.807) is 0 Å². The SMILES string of the molecule is CCCC=C[C@@H]1CC[C@@H]2CC(c3cc(F)c(Cl)c(F)c3)CC[C@@H]2C1. The normalized spacial score (nSPS) is 30.5. The van der Waals surface area contributed by atoms with Gasteiger partial charge < -0.3 is 0 Å². The van der Waals surface area contributed by atoms with E-state index in [0.29, 0.717) is 5.92 Å². The minimum absolute atomic E-state index is 0.278. The van der Waals surface area contributed by atoms with Crippen LogP contribution in [0.25, 0.3) is 0 Å². The van der Waals surface area contributed by atoms with Crippen molar-refractivity contribution < 1.29 is 8.78 Å². The smallest absolute Gasteiger partial charge is 0.145 e. The standard InChI is InChI=1S/C21H27ClF2/c1-2-3-4-5-14-6-7-16-11-17(9-8-15(16)10-14)18-12-19(23)21(22)20(24)13-18/h4-5,12-17H,2-3,6-11H2,1H3/t14-,15-,16-,17?/m1/s1. The van der Waals surface area contributed by atoms with Gasteiger partial charge in [0.05, 0.1) is 0 Å². The fourth-order valence-corrected chi connectivity index (χ4v) is 4.78. The van der Waals surface area contributed by atoms with Gasteiger partial charge >= 0.3 is 0 Å². The molecule has 3 rings (SSSR count). The molecule has 0 aromatic heterocycles. The van der Waals surface area contributed by atoms with Crippen molar-refractivity contribution in [3.05, 3.63) is 46.5 Å². The third-order valence-electron chi connectivity index (χ3n) is 5.99. The largest absolute Gasteiger partial charge is 0.205 e. The summed E-state index contributed by atoms with van der Waals surface area (Å²) in [5.41, 5.74) is 0.790. The molecule has 1 unspecified atom stereocenters. The molecule has 0 saturated heterocycles. The van der Waals surface area contributed by atoms with Gasteiger partial charge in [0.2, 0.25) is 0 Å². The van der Waals surface area contributed by atoms with Gasteiger partial charge in [0, 0.05) is 0 Å². The lowest BCUT2D eigenvalue weighted by Gasteiger charge is -2.42. The Morgan fingerprint density at radius 2 is 1.71 bits per heavy atom. The number of allylic oxidation sites excluding steroid dienone is 2. The van der Waals surface area contributed by atoms with Gasteiger partial charge in [-0.25, -0.2) is 8.78 Å². The predicted molar refractivity (Wildman–Crippen MR) is 96.3 cm³/mol. The Morgan fingerprint density at radius 1 is 1.04 bits per heavy atom. The molecule has 2 aliphatic carbocycles. The molecule has 0 bridgehead atoms. The average molecular weight is 353 g/mol. The second-order valence-electron chi connectivity index (χ2n) is 7.62. The monoisotopic (exact) mass is 352 g/mol. The highest BCUT2D eigenvalue weighted by atomic mass is 35.5. The Balaban J connectivity index is 1.62. The number of hydrogen-bond donors (Lipinski definition) is 0. The highest BCUT2D eigenvalue weighted by molar-refractivity contribution is 6.30. The number of fused-ring (bicyclic) bond motifs is 1. The fourth-order valence-electron chi connectivity index (χ4n) is 4.67. The van der Waals surface area contributed by atoms with Crippen molar-refractivity contribution in [2.45, 2.75) is 64.2 Å². The molecule has 0 radical (unpaired) electrons. The van der Waals surface area contributed by atoms with Gasteiger partial charge in [-0.05, 0) is 86.3 Å². The minimum atomic E-state index is -0.626. The third-order valence-corrected chi connectivity index (χ3v) is 6.36. The summed E-state index contributed by atoms with van der Waals surface area (Å²) < 4.78 is 27.5. The lowest BCUT2D eigenvalue weighted by atomic mass is 9.64. The van der Waals surface area contributed by atoms with Crippen molar-refractivity contribution in [3.63, 3.8) is 0 Å². The van der Waals surface area contributed by atoms with Crippen LogP contribution in [0.3, 0.4) is 0 Å². The second kappa shape index (κ2) is 7.99. The van der Waals surface area contributed by atoms with E-state index in [1.807, 2.05) is 0 Å². The highest BCUT2D eigenvalue weighted by Gasteiger charge is 2.35. The lowest BCUT2D eigenvalue weighted by molar-refractivity contribution is 0.133.